The van der Waals surface area contributed by atoms with Crippen LogP contribution in [0.15, 0.2) is 11.6 Å². The summed E-state index contributed by atoms with van der Waals surface area (Å²) in [4.78, 5) is 10.1. The van der Waals surface area contributed by atoms with Crippen molar-refractivity contribution in [1.29, 1.82) is 0 Å². The number of nitrogens with one attached hydrogen (secondary N) is 1. The lowest BCUT2D eigenvalue weighted by Gasteiger charge is -2.07. The van der Waals surface area contributed by atoms with E-state index < -0.39 is 0 Å². The van der Waals surface area contributed by atoms with Crippen LogP contribution in [0.3, 0.4) is 0 Å². The zero-order valence-corrected chi connectivity index (χ0v) is 7.09. The first-order valence-corrected chi connectivity index (χ1v) is 3.60. The second kappa shape index (κ2) is 7.44. The van der Waals surface area contributed by atoms with Crippen molar-refractivity contribution in [2.45, 2.75) is 6.42 Å². The van der Waals surface area contributed by atoms with Gasteiger partial charge < -0.3 is 10.1 Å². The van der Waals surface area contributed by atoms with Gasteiger partial charge >= 0.3 is 0 Å². The quantitative estimate of drug-likeness (QED) is 0.559. The predicted molar refractivity (Wildman–Crippen MR) is 44.6 cm³/mol. The molecule has 0 radical (unpaired) electrons. The summed E-state index contributed by atoms with van der Waals surface area (Å²) in [6.07, 6.45) is 3.88. The zero-order valence-electron chi connectivity index (χ0n) is 7.09. The second-order valence-corrected chi connectivity index (χ2v) is 2.27. The first-order chi connectivity index (χ1) is 5.35. The van der Waals surface area contributed by atoms with Gasteiger partial charge in [-0.1, -0.05) is 6.08 Å². The summed E-state index contributed by atoms with van der Waals surface area (Å²) in [7, 11) is 3.25. The Labute approximate surface area is 67.4 Å². The smallest absolute Gasteiger partial charge is 0.147 e. The van der Waals surface area contributed by atoms with E-state index in [0.29, 0.717) is 0 Å². The molecular formula is C8H15NO2. The molecule has 0 aromatic carbocycles. The third kappa shape index (κ3) is 5.76. The molecule has 3 heteroatoms. The molecule has 0 bridgehead atoms. The molecule has 3 nitrogen and oxygen atoms in total. The highest BCUT2D eigenvalue weighted by atomic mass is 16.4. The fourth-order valence-electron chi connectivity index (χ4n) is 0.754. The average Bonchev–Trinajstić information content (AvgIpc) is 2.08. The monoisotopic (exact) mass is 157 g/mol. The molecule has 0 fully saturated rings. The summed E-state index contributed by atoms with van der Waals surface area (Å²) < 4.78 is 4.25. The van der Waals surface area contributed by atoms with Gasteiger partial charge in [-0.05, 0) is 13.0 Å². The van der Waals surface area contributed by atoms with Crippen LogP contribution in [0.1, 0.15) is 6.42 Å². The van der Waals surface area contributed by atoms with E-state index >= 15 is 0 Å². The van der Waals surface area contributed by atoms with E-state index in [2.05, 4.69) is 10.1 Å². The van der Waals surface area contributed by atoms with Crippen LogP contribution in [-0.2, 0) is 9.53 Å². The van der Waals surface area contributed by atoms with E-state index in [1.54, 1.807) is 14.2 Å². The zero-order chi connectivity index (χ0) is 8.53. The van der Waals surface area contributed by atoms with Crippen LogP contribution in [-0.4, -0.2) is 33.6 Å². The number of ether oxygens (including phenoxy) is 1. The Bertz CT molecular complexity index is 132. The summed E-state index contributed by atoms with van der Waals surface area (Å²) in [5, 5.41) is 3.09. The van der Waals surface area contributed by atoms with Crippen molar-refractivity contribution in [2.75, 3.05) is 27.3 Å². The largest absolute Gasteiger partial charge is 0.388 e. The van der Waals surface area contributed by atoms with Crippen LogP contribution in [0.4, 0.5) is 0 Å². The number of carbonyl (C=O) groups excluding carboxylic acids is 1. The number of carbonyl (C=O) groups is 1. The Morgan fingerprint density at radius 1 is 1.64 bits per heavy atom. The molecule has 1 heterocycles. The van der Waals surface area contributed by atoms with Crippen LogP contribution in [0, 0.1) is 0 Å². The van der Waals surface area contributed by atoms with Crippen molar-refractivity contribution in [1.82, 2.24) is 5.32 Å². The molecule has 0 unspecified atom stereocenters. The van der Waals surface area contributed by atoms with E-state index in [1.165, 1.54) is 0 Å². The van der Waals surface area contributed by atoms with Crippen LogP contribution < -0.4 is 5.32 Å². The molecule has 0 atom stereocenters. The molecule has 11 heavy (non-hydrogen) atoms. The lowest BCUT2D eigenvalue weighted by atomic mass is 10.2. The minimum Gasteiger partial charge on any atom is -0.388 e. The predicted octanol–water partition coefficient (Wildman–Crippen LogP) is 0.368. The van der Waals surface area contributed by atoms with E-state index in [4.69, 9.17) is 0 Å². The van der Waals surface area contributed by atoms with Crippen molar-refractivity contribution in [3.8, 4) is 0 Å². The maximum absolute atomic E-state index is 10.1. The molecule has 0 aliphatic carbocycles. The van der Waals surface area contributed by atoms with Crippen molar-refractivity contribution in [3.05, 3.63) is 11.6 Å². The van der Waals surface area contributed by atoms with Gasteiger partial charge in [0, 0.05) is 26.3 Å². The minimum atomic E-state index is 0.753. The van der Waals surface area contributed by atoms with Crippen molar-refractivity contribution in [3.63, 3.8) is 0 Å². The van der Waals surface area contributed by atoms with Crippen molar-refractivity contribution in [2.24, 2.45) is 0 Å². The summed E-state index contributed by atoms with van der Waals surface area (Å²) in [6, 6.07) is 0. The molecule has 0 aromatic rings. The van der Waals surface area contributed by atoms with Gasteiger partial charge in [0.05, 0.1) is 0 Å². The van der Waals surface area contributed by atoms with E-state index in [-0.39, 0.29) is 0 Å². The highest BCUT2D eigenvalue weighted by molar-refractivity contribution is 5.73. The SMILES string of the molecule is COC.O=CC1=CCCNC1. The van der Waals surface area contributed by atoms with Gasteiger partial charge in [0.25, 0.3) is 0 Å². The Kier molecular flexibility index (Phi) is 6.98. The average molecular weight is 157 g/mol. The second-order valence-electron chi connectivity index (χ2n) is 2.27. The van der Waals surface area contributed by atoms with Gasteiger partial charge in [-0.2, -0.15) is 0 Å². The Morgan fingerprint density at radius 2 is 2.27 bits per heavy atom. The van der Waals surface area contributed by atoms with Crippen LogP contribution in [0.5, 0.6) is 0 Å². The summed E-state index contributed by atoms with van der Waals surface area (Å²) in [5.74, 6) is 0. The van der Waals surface area contributed by atoms with Gasteiger partial charge in [0.1, 0.15) is 6.29 Å². The Balaban J connectivity index is 0.000000292. The molecule has 1 aliphatic rings. The molecule has 0 amide bonds. The fraction of sp³-hybridized carbons (Fsp3) is 0.625. The molecule has 1 N–H and O–H groups in total. The molecule has 0 aromatic heterocycles. The van der Waals surface area contributed by atoms with Crippen LogP contribution in [0.25, 0.3) is 0 Å². The number of hydrogen-bond donors (Lipinski definition) is 1. The lowest BCUT2D eigenvalue weighted by Crippen LogP contribution is -2.22. The number of rotatable bonds is 1. The molecular weight excluding hydrogens is 142 g/mol. The number of hydrogen-bond acceptors (Lipinski definition) is 3. The van der Waals surface area contributed by atoms with E-state index in [9.17, 15) is 4.79 Å². The molecule has 1 rings (SSSR count). The first-order valence-electron chi connectivity index (χ1n) is 3.60. The third-order valence-corrected chi connectivity index (χ3v) is 1.21. The summed E-state index contributed by atoms with van der Waals surface area (Å²) in [5.41, 5.74) is 0.885. The fourth-order valence-corrected chi connectivity index (χ4v) is 0.754. The van der Waals surface area contributed by atoms with Gasteiger partial charge in [-0.3, -0.25) is 4.79 Å². The molecule has 1 aliphatic heterocycles. The Hall–Kier alpha value is -0.670. The number of aldehydes is 1. The maximum Gasteiger partial charge on any atom is 0.147 e. The standard InChI is InChI=1S/C6H9NO.C2H6O/c8-5-6-2-1-3-7-4-6;1-3-2/h2,5,7H,1,3-4H2;1-2H3. The van der Waals surface area contributed by atoms with Gasteiger partial charge in [0.15, 0.2) is 0 Å². The highest BCUT2D eigenvalue weighted by Crippen LogP contribution is 1.95. The molecule has 64 valence electrons. The highest BCUT2D eigenvalue weighted by Gasteiger charge is 1.98. The normalized spacial score (nSPS) is 16.0. The molecule has 0 saturated carbocycles. The summed E-state index contributed by atoms with van der Waals surface area (Å²) >= 11 is 0. The first kappa shape index (κ1) is 10.3. The molecule has 0 spiro atoms. The summed E-state index contributed by atoms with van der Waals surface area (Å²) in [6.45, 7) is 1.76. The maximum atomic E-state index is 10.1. The van der Waals surface area contributed by atoms with Crippen LogP contribution in [0.2, 0.25) is 0 Å². The lowest BCUT2D eigenvalue weighted by molar-refractivity contribution is -0.105. The van der Waals surface area contributed by atoms with Crippen LogP contribution >= 0.6 is 0 Å². The van der Waals surface area contributed by atoms with Gasteiger partial charge in [-0.15, -0.1) is 0 Å². The molecule has 0 saturated heterocycles. The minimum absolute atomic E-state index is 0.753. The van der Waals surface area contributed by atoms with E-state index in [0.717, 1.165) is 31.4 Å². The van der Waals surface area contributed by atoms with Crippen molar-refractivity contribution < 1.29 is 9.53 Å². The Morgan fingerprint density at radius 3 is 2.55 bits per heavy atom. The van der Waals surface area contributed by atoms with Gasteiger partial charge in [0.2, 0.25) is 0 Å². The van der Waals surface area contributed by atoms with Gasteiger partial charge in [-0.25, -0.2) is 0 Å². The topological polar surface area (TPSA) is 38.3 Å². The number of methoxy groups -OCH3 is 1. The van der Waals surface area contributed by atoms with Crippen molar-refractivity contribution >= 4 is 6.29 Å². The van der Waals surface area contributed by atoms with E-state index in [1.807, 2.05) is 6.08 Å². The third-order valence-electron chi connectivity index (χ3n) is 1.21.